The van der Waals surface area contributed by atoms with Crippen LogP contribution in [0.3, 0.4) is 0 Å². The van der Waals surface area contributed by atoms with Crippen LogP contribution in [-0.2, 0) is 15.5 Å². The average molecular weight is 404 g/mol. The quantitative estimate of drug-likeness (QED) is 0.262. The largest absolute Gasteiger partial charge is 0.533 e. The second-order valence-electron chi connectivity index (χ2n) is 6.75. The molecule has 2 aromatic rings. The lowest BCUT2D eigenvalue weighted by Gasteiger charge is -2.19. The van der Waals surface area contributed by atoms with Gasteiger partial charge < -0.3 is 9.57 Å². The molecule has 0 aliphatic carbocycles. The number of rotatable bonds is 3. The van der Waals surface area contributed by atoms with Crippen LogP contribution in [0.4, 0.5) is 10.5 Å². The number of nitrogens with zero attached hydrogens (tertiary/aromatic N) is 1. The number of guanidine groups is 1. The van der Waals surface area contributed by atoms with Gasteiger partial charge in [0, 0.05) is 11.4 Å². The molecule has 0 atom stereocenters. The Kier molecular flexibility index (Phi) is 7.40. The summed E-state index contributed by atoms with van der Waals surface area (Å²) in [7, 11) is 0. The van der Waals surface area contributed by atoms with Gasteiger partial charge in [-0.1, -0.05) is 30.3 Å². The third-order valence-corrected chi connectivity index (χ3v) is 3.53. The smallest absolute Gasteiger partial charge is 0.427 e. The van der Waals surface area contributed by atoms with Crippen molar-refractivity contribution >= 4 is 35.3 Å². The van der Waals surface area contributed by atoms with Crippen LogP contribution >= 0.6 is 11.6 Å². The summed E-state index contributed by atoms with van der Waals surface area (Å²) in [6.45, 7) is 5.12. The van der Waals surface area contributed by atoms with Crippen molar-refractivity contribution in [2.24, 2.45) is 4.99 Å². The highest BCUT2D eigenvalue weighted by atomic mass is 35.5. The predicted molar refractivity (Wildman–Crippen MR) is 107 cm³/mol. The second kappa shape index (κ2) is 9.75. The Balaban J connectivity index is 2.12. The molecule has 7 nitrogen and oxygen atoms in total. The van der Waals surface area contributed by atoms with Crippen molar-refractivity contribution < 1.29 is 19.2 Å². The molecule has 0 radical (unpaired) electrons. The van der Waals surface area contributed by atoms with Crippen molar-refractivity contribution in [3.05, 3.63) is 65.7 Å². The van der Waals surface area contributed by atoms with Crippen molar-refractivity contribution in [1.82, 2.24) is 10.8 Å². The molecule has 0 aromatic heterocycles. The molecule has 2 rings (SSSR count). The Labute approximate surface area is 168 Å². The van der Waals surface area contributed by atoms with E-state index in [1.165, 1.54) is 0 Å². The Morgan fingerprint density at radius 2 is 1.68 bits per heavy atom. The SMILES string of the molecule is CC(C)(C)OC(=O)ONC(=Nc1ccccc1)NC(=O)c1ccc(CCl)cc1. The van der Waals surface area contributed by atoms with Crippen LogP contribution in [0, 0.1) is 0 Å². The zero-order valence-electron chi connectivity index (χ0n) is 15.9. The minimum Gasteiger partial charge on any atom is -0.427 e. The monoisotopic (exact) mass is 403 g/mol. The van der Waals surface area contributed by atoms with Crippen molar-refractivity contribution in [3.8, 4) is 0 Å². The van der Waals surface area contributed by atoms with Gasteiger partial charge in [-0.2, -0.15) is 5.48 Å². The maximum absolute atomic E-state index is 12.5. The lowest BCUT2D eigenvalue weighted by atomic mass is 10.1. The van der Waals surface area contributed by atoms with Crippen LogP contribution in [0.25, 0.3) is 0 Å². The molecular formula is C20H22ClN3O4. The average Bonchev–Trinajstić information content (AvgIpc) is 2.65. The highest BCUT2D eigenvalue weighted by molar-refractivity contribution is 6.17. The Bertz CT molecular complexity index is 831. The number of carbonyl (C=O) groups excluding carboxylic acids is 2. The molecule has 8 heteroatoms. The summed E-state index contributed by atoms with van der Waals surface area (Å²) >= 11 is 5.76. The first kappa shape index (κ1) is 21.2. The van der Waals surface area contributed by atoms with E-state index < -0.39 is 17.7 Å². The van der Waals surface area contributed by atoms with E-state index in [1.807, 2.05) is 6.07 Å². The molecule has 0 aliphatic rings. The standard InChI is InChI=1S/C20H22ClN3O4/c1-20(2,3)27-19(26)28-24-18(22-16-7-5-4-6-8-16)23-17(25)15-11-9-14(13-21)10-12-15/h4-12H,13H2,1-3H3,(H2,22,23,24,25). The Morgan fingerprint density at radius 3 is 2.25 bits per heavy atom. The molecule has 0 fully saturated rings. The summed E-state index contributed by atoms with van der Waals surface area (Å²) in [4.78, 5) is 33.3. The number of para-hydroxylation sites is 1. The van der Waals surface area contributed by atoms with Crippen molar-refractivity contribution in [2.75, 3.05) is 0 Å². The van der Waals surface area contributed by atoms with Gasteiger partial charge in [-0.15, -0.1) is 11.6 Å². The van der Waals surface area contributed by atoms with Crippen LogP contribution in [-0.4, -0.2) is 23.6 Å². The first-order chi connectivity index (χ1) is 13.3. The van der Waals surface area contributed by atoms with E-state index in [0.29, 0.717) is 17.1 Å². The number of hydrogen-bond acceptors (Lipinski definition) is 5. The maximum Gasteiger partial charge on any atom is 0.533 e. The van der Waals surface area contributed by atoms with Gasteiger partial charge in [0.2, 0.25) is 5.96 Å². The zero-order valence-corrected chi connectivity index (χ0v) is 16.6. The number of aliphatic imine (C=N–C) groups is 1. The molecular weight excluding hydrogens is 382 g/mol. The van der Waals surface area contributed by atoms with Crippen LogP contribution in [0.5, 0.6) is 0 Å². The van der Waals surface area contributed by atoms with Crippen LogP contribution in [0.15, 0.2) is 59.6 Å². The first-order valence-corrected chi connectivity index (χ1v) is 9.06. The van der Waals surface area contributed by atoms with Crippen LogP contribution in [0.2, 0.25) is 0 Å². The fraction of sp³-hybridized carbons (Fsp3) is 0.250. The number of halogens is 1. The fourth-order valence-corrected chi connectivity index (χ4v) is 2.17. The molecule has 0 aliphatic heterocycles. The molecule has 2 N–H and O–H groups in total. The molecule has 0 heterocycles. The van der Waals surface area contributed by atoms with E-state index in [2.05, 4.69) is 15.8 Å². The van der Waals surface area contributed by atoms with E-state index >= 15 is 0 Å². The fourth-order valence-electron chi connectivity index (χ4n) is 1.99. The summed E-state index contributed by atoms with van der Waals surface area (Å²) in [6.07, 6.45) is -0.950. The highest BCUT2D eigenvalue weighted by Crippen LogP contribution is 2.11. The first-order valence-electron chi connectivity index (χ1n) is 8.52. The van der Waals surface area contributed by atoms with E-state index in [-0.39, 0.29) is 5.96 Å². The number of nitrogens with one attached hydrogen (secondary N) is 2. The van der Waals surface area contributed by atoms with Gasteiger partial charge in [-0.25, -0.2) is 9.79 Å². The number of hydroxylamine groups is 1. The molecule has 28 heavy (non-hydrogen) atoms. The van der Waals surface area contributed by atoms with Crippen LogP contribution in [0.1, 0.15) is 36.7 Å². The topological polar surface area (TPSA) is 89.0 Å². The van der Waals surface area contributed by atoms with Gasteiger partial charge >= 0.3 is 6.16 Å². The Morgan fingerprint density at radius 1 is 1.04 bits per heavy atom. The van der Waals surface area contributed by atoms with Crippen molar-refractivity contribution in [2.45, 2.75) is 32.3 Å². The minimum absolute atomic E-state index is 0.0662. The predicted octanol–water partition coefficient (Wildman–Crippen LogP) is 4.30. The normalized spacial score (nSPS) is 11.5. The van der Waals surface area contributed by atoms with Crippen molar-refractivity contribution in [3.63, 3.8) is 0 Å². The van der Waals surface area contributed by atoms with Gasteiger partial charge in [-0.3, -0.25) is 10.1 Å². The number of alkyl halides is 1. The molecule has 2 aromatic carbocycles. The van der Waals surface area contributed by atoms with Crippen LogP contribution < -0.4 is 10.8 Å². The number of benzene rings is 2. The van der Waals surface area contributed by atoms with E-state index in [0.717, 1.165) is 5.56 Å². The summed E-state index contributed by atoms with van der Waals surface area (Å²) in [5, 5.41) is 2.57. The summed E-state index contributed by atoms with van der Waals surface area (Å²) in [5.41, 5.74) is 3.46. The number of hydrogen-bond donors (Lipinski definition) is 2. The van der Waals surface area contributed by atoms with Crippen molar-refractivity contribution in [1.29, 1.82) is 0 Å². The molecule has 0 saturated heterocycles. The summed E-state index contributed by atoms with van der Waals surface area (Å²) in [6, 6.07) is 15.7. The summed E-state index contributed by atoms with van der Waals surface area (Å²) in [5.74, 6) is -0.145. The van der Waals surface area contributed by atoms with Gasteiger partial charge in [0.1, 0.15) is 5.60 Å². The highest BCUT2D eigenvalue weighted by Gasteiger charge is 2.19. The van der Waals surface area contributed by atoms with Gasteiger partial charge in [0.05, 0.1) is 5.69 Å². The second-order valence-corrected chi connectivity index (χ2v) is 7.02. The molecule has 1 amide bonds. The molecule has 0 unspecified atom stereocenters. The third kappa shape index (κ3) is 7.28. The molecule has 0 saturated carbocycles. The minimum atomic E-state index is -0.950. The number of ether oxygens (including phenoxy) is 1. The third-order valence-electron chi connectivity index (χ3n) is 3.22. The number of amides is 1. The van der Waals surface area contributed by atoms with E-state index in [9.17, 15) is 9.59 Å². The Hall–Kier alpha value is -3.06. The lowest BCUT2D eigenvalue weighted by molar-refractivity contribution is -0.0204. The summed E-state index contributed by atoms with van der Waals surface area (Å²) < 4.78 is 5.05. The molecule has 0 spiro atoms. The van der Waals surface area contributed by atoms with Gasteiger partial charge in [-0.05, 0) is 50.6 Å². The van der Waals surface area contributed by atoms with Gasteiger partial charge in [0.25, 0.3) is 5.91 Å². The maximum atomic E-state index is 12.5. The van der Waals surface area contributed by atoms with E-state index in [4.69, 9.17) is 21.2 Å². The number of carbonyl (C=O) groups is 2. The molecule has 0 bridgehead atoms. The lowest BCUT2D eigenvalue weighted by Crippen LogP contribution is -2.42. The zero-order chi connectivity index (χ0) is 20.6. The van der Waals surface area contributed by atoms with Gasteiger partial charge in [0.15, 0.2) is 0 Å². The molecule has 148 valence electrons. The van der Waals surface area contributed by atoms with E-state index in [1.54, 1.807) is 69.3 Å².